The van der Waals surface area contributed by atoms with Crippen LogP contribution in [0.15, 0.2) is 0 Å². The largest absolute Gasteiger partial charge is 0.382 e. The topological polar surface area (TPSA) is 69.7 Å². The van der Waals surface area contributed by atoms with Crippen molar-refractivity contribution in [2.75, 3.05) is 26.9 Å². The molecule has 2 unspecified atom stereocenters. The average molecular weight is 290 g/mol. The standard InChI is InChI=1S/C13H22O5S/c1-17-6-7-18-5-4-13(14)10-8-11-2-3-12(9-10)19(11,15)16/h10-12H,2-9H2,1H3. The summed E-state index contributed by atoms with van der Waals surface area (Å²) < 4.78 is 34.0. The molecule has 6 heteroatoms. The van der Waals surface area contributed by atoms with Crippen LogP contribution in [0, 0.1) is 5.92 Å². The van der Waals surface area contributed by atoms with Gasteiger partial charge in [-0.25, -0.2) is 8.42 Å². The second kappa shape index (κ2) is 6.33. The van der Waals surface area contributed by atoms with Crippen molar-refractivity contribution in [2.24, 2.45) is 5.92 Å². The molecule has 110 valence electrons. The molecule has 0 radical (unpaired) electrons. The molecule has 2 rings (SSSR count). The van der Waals surface area contributed by atoms with Gasteiger partial charge in [0.15, 0.2) is 9.84 Å². The lowest BCUT2D eigenvalue weighted by Crippen LogP contribution is -2.36. The fraction of sp³-hybridized carbons (Fsp3) is 0.923. The lowest BCUT2D eigenvalue weighted by Gasteiger charge is -2.26. The summed E-state index contributed by atoms with van der Waals surface area (Å²) in [7, 11) is -1.32. The maximum atomic E-state index is 12.1. The first-order chi connectivity index (χ1) is 9.05. The van der Waals surface area contributed by atoms with Crippen molar-refractivity contribution in [3.05, 3.63) is 0 Å². The third kappa shape index (κ3) is 3.35. The first-order valence-electron chi connectivity index (χ1n) is 6.87. The normalized spacial score (nSPS) is 32.4. The van der Waals surface area contributed by atoms with Crippen molar-refractivity contribution in [1.29, 1.82) is 0 Å². The molecule has 0 aliphatic carbocycles. The van der Waals surface area contributed by atoms with Crippen LogP contribution in [0.1, 0.15) is 32.1 Å². The maximum Gasteiger partial charge on any atom is 0.156 e. The number of methoxy groups -OCH3 is 1. The van der Waals surface area contributed by atoms with Crippen molar-refractivity contribution < 1.29 is 22.7 Å². The fourth-order valence-electron chi connectivity index (χ4n) is 3.09. The monoisotopic (exact) mass is 290 g/mol. The fourth-order valence-corrected chi connectivity index (χ4v) is 5.57. The molecule has 0 amide bonds. The van der Waals surface area contributed by atoms with Gasteiger partial charge in [0.1, 0.15) is 5.78 Å². The van der Waals surface area contributed by atoms with E-state index in [1.807, 2.05) is 0 Å². The van der Waals surface area contributed by atoms with E-state index >= 15 is 0 Å². The molecule has 0 saturated carbocycles. The molecule has 2 heterocycles. The van der Waals surface area contributed by atoms with Crippen LogP contribution in [0.25, 0.3) is 0 Å². The van der Waals surface area contributed by atoms with Crippen LogP contribution in [0.5, 0.6) is 0 Å². The smallest absolute Gasteiger partial charge is 0.156 e. The molecule has 2 aliphatic heterocycles. The van der Waals surface area contributed by atoms with E-state index in [9.17, 15) is 13.2 Å². The van der Waals surface area contributed by atoms with E-state index in [0.717, 1.165) is 12.8 Å². The van der Waals surface area contributed by atoms with Crippen molar-refractivity contribution in [2.45, 2.75) is 42.6 Å². The third-order valence-corrected chi connectivity index (χ3v) is 6.93. The molecule has 0 aromatic carbocycles. The van der Waals surface area contributed by atoms with Crippen molar-refractivity contribution in [3.8, 4) is 0 Å². The van der Waals surface area contributed by atoms with Gasteiger partial charge in [0.2, 0.25) is 0 Å². The highest BCUT2D eigenvalue weighted by atomic mass is 32.2. The van der Waals surface area contributed by atoms with Gasteiger partial charge in [-0.05, 0) is 25.7 Å². The summed E-state index contributed by atoms with van der Waals surface area (Å²) in [5, 5.41) is -0.538. The number of ketones is 1. The van der Waals surface area contributed by atoms with Crippen molar-refractivity contribution >= 4 is 15.6 Å². The van der Waals surface area contributed by atoms with Gasteiger partial charge >= 0.3 is 0 Å². The van der Waals surface area contributed by atoms with Crippen LogP contribution in [0.3, 0.4) is 0 Å². The molecule has 0 aromatic heterocycles. The van der Waals surface area contributed by atoms with Gasteiger partial charge in [-0.3, -0.25) is 4.79 Å². The summed E-state index contributed by atoms with van der Waals surface area (Å²) in [5.74, 6) is 0.0799. The number of ether oxygens (including phenoxy) is 2. The molecule has 0 spiro atoms. The van der Waals surface area contributed by atoms with Gasteiger partial charge in [0.05, 0.1) is 30.3 Å². The zero-order chi connectivity index (χ0) is 13.9. The first-order valence-corrected chi connectivity index (χ1v) is 8.48. The number of carbonyl (C=O) groups is 1. The molecular weight excluding hydrogens is 268 g/mol. The van der Waals surface area contributed by atoms with Gasteiger partial charge in [0.25, 0.3) is 0 Å². The number of hydrogen-bond donors (Lipinski definition) is 0. The number of fused-ring (bicyclic) bond motifs is 2. The lowest BCUT2D eigenvalue weighted by molar-refractivity contribution is -0.124. The van der Waals surface area contributed by atoms with Crippen LogP contribution in [0.2, 0.25) is 0 Å². The SMILES string of the molecule is COCCOCCC(=O)C1CC2CCC(C1)S2(=O)=O. The second-order valence-corrected chi connectivity index (χ2v) is 7.91. The van der Waals surface area contributed by atoms with Crippen molar-refractivity contribution in [3.63, 3.8) is 0 Å². The van der Waals surface area contributed by atoms with Crippen LogP contribution in [0.4, 0.5) is 0 Å². The molecule has 2 saturated heterocycles. The molecule has 2 aliphatic rings. The highest BCUT2D eigenvalue weighted by molar-refractivity contribution is 7.93. The quantitative estimate of drug-likeness (QED) is 0.653. The number of hydrogen-bond acceptors (Lipinski definition) is 5. The zero-order valence-corrected chi connectivity index (χ0v) is 12.2. The first kappa shape index (κ1) is 14.9. The van der Waals surface area contributed by atoms with Gasteiger partial charge in [-0.15, -0.1) is 0 Å². The third-order valence-electron chi connectivity index (χ3n) is 4.21. The van der Waals surface area contributed by atoms with Crippen LogP contribution >= 0.6 is 0 Å². The van der Waals surface area contributed by atoms with E-state index in [1.165, 1.54) is 0 Å². The summed E-state index contributed by atoms with van der Waals surface area (Å²) in [6.07, 6.45) is 2.90. The van der Waals surface area contributed by atoms with Crippen LogP contribution in [-0.4, -0.2) is 51.6 Å². The van der Waals surface area contributed by atoms with Gasteiger partial charge in [-0.2, -0.15) is 0 Å². The molecule has 2 fully saturated rings. The predicted octanol–water partition coefficient (Wildman–Crippen LogP) is 0.964. The minimum Gasteiger partial charge on any atom is -0.382 e. The number of Topliss-reactive ketones (excluding diaryl/α,β-unsaturated/α-hetero) is 1. The average Bonchev–Trinajstić information content (AvgIpc) is 2.59. The Balaban J connectivity index is 1.76. The molecule has 0 N–H and O–H groups in total. The van der Waals surface area contributed by atoms with Crippen LogP contribution < -0.4 is 0 Å². The lowest BCUT2D eigenvalue weighted by atomic mass is 9.93. The van der Waals surface area contributed by atoms with Crippen molar-refractivity contribution in [1.82, 2.24) is 0 Å². The molecule has 0 aromatic rings. The zero-order valence-electron chi connectivity index (χ0n) is 11.3. The summed E-state index contributed by atoms with van der Waals surface area (Å²) in [5.41, 5.74) is 0. The number of carbonyl (C=O) groups excluding carboxylic acids is 1. The van der Waals surface area contributed by atoms with E-state index in [0.29, 0.717) is 39.1 Å². The van der Waals surface area contributed by atoms with Gasteiger partial charge in [-0.1, -0.05) is 0 Å². The Kier molecular flexibility index (Phi) is 4.97. The second-order valence-electron chi connectivity index (χ2n) is 5.40. The molecule has 5 nitrogen and oxygen atoms in total. The number of rotatable bonds is 7. The van der Waals surface area contributed by atoms with Gasteiger partial charge in [0, 0.05) is 19.4 Å². The minimum atomic E-state index is -2.93. The Morgan fingerprint density at radius 1 is 1.11 bits per heavy atom. The summed E-state index contributed by atoms with van der Waals surface area (Å²) in [6, 6.07) is 0. The van der Waals surface area contributed by atoms with E-state index in [4.69, 9.17) is 9.47 Å². The van der Waals surface area contributed by atoms with E-state index in [2.05, 4.69) is 0 Å². The Hall–Kier alpha value is -0.460. The van der Waals surface area contributed by atoms with E-state index in [-0.39, 0.29) is 22.2 Å². The summed E-state index contributed by atoms with van der Waals surface area (Å²) in [4.78, 5) is 12.1. The number of sulfone groups is 1. The predicted molar refractivity (Wildman–Crippen MR) is 70.8 cm³/mol. The molecular formula is C13H22O5S. The Labute approximate surface area is 114 Å². The minimum absolute atomic E-state index is 0.0768. The Bertz CT molecular complexity index is 397. The maximum absolute atomic E-state index is 12.1. The van der Waals surface area contributed by atoms with E-state index < -0.39 is 9.84 Å². The van der Waals surface area contributed by atoms with Gasteiger partial charge < -0.3 is 9.47 Å². The van der Waals surface area contributed by atoms with Crippen LogP contribution in [-0.2, 0) is 24.1 Å². The highest BCUT2D eigenvalue weighted by Crippen LogP contribution is 2.41. The highest BCUT2D eigenvalue weighted by Gasteiger charge is 2.48. The molecule has 2 bridgehead atoms. The Morgan fingerprint density at radius 3 is 2.32 bits per heavy atom. The Morgan fingerprint density at radius 2 is 1.74 bits per heavy atom. The summed E-state index contributed by atoms with van der Waals surface area (Å²) >= 11 is 0. The summed E-state index contributed by atoms with van der Waals surface area (Å²) in [6.45, 7) is 1.43. The molecule has 19 heavy (non-hydrogen) atoms. The van der Waals surface area contributed by atoms with E-state index in [1.54, 1.807) is 7.11 Å². The molecule has 2 atom stereocenters.